The van der Waals surface area contributed by atoms with E-state index in [-0.39, 0.29) is 36.1 Å². The molecule has 2 N–H and O–H groups in total. The highest BCUT2D eigenvalue weighted by Crippen LogP contribution is 2.29. The van der Waals surface area contributed by atoms with E-state index in [0.717, 1.165) is 30.7 Å². The molecule has 166 valence electrons. The molecule has 0 radical (unpaired) electrons. The van der Waals surface area contributed by atoms with Crippen molar-refractivity contribution < 1.29 is 13.2 Å². The van der Waals surface area contributed by atoms with E-state index < -0.39 is 11.7 Å². The topological polar surface area (TPSA) is 58.4 Å². The number of hydrogen-bond acceptors (Lipinski definition) is 2. The van der Waals surface area contributed by atoms with Crippen molar-refractivity contribution in [2.45, 2.75) is 46.0 Å². The minimum absolute atomic E-state index is 0. The van der Waals surface area contributed by atoms with Gasteiger partial charge in [-0.2, -0.15) is 13.2 Å². The van der Waals surface area contributed by atoms with E-state index in [4.69, 9.17) is 0 Å². The average Bonchev–Trinajstić information content (AvgIpc) is 2.67. The average molecular weight is 536 g/mol. The smallest absolute Gasteiger partial charge is 0.357 e. The van der Waals surface area contributed by atoms with E-state index in [9.17, 15) is 18.0 Å². The van der Waals surface area contributed by atoms with Crippen molar-refractivity contribution in [1.82, 2.24) is 15.2 Å². The third-order valence-electron chi connectivity index (χ3n) is 4.39. The number of alkyl halides is 3. The first-order valence-electron chi connectivity index (χ1n) is 9.66. The van der Waals surface area contributed by atoms with Crippen LogP contribution in [0.25, 0.3) is 0 Å². The van der Waals surface area contributed by atoms with Crippen molar-refractivity contribution in [3.63, 3.8) is 0 Å². The van der Waals surface area contributed by atoms with Gasteiger partial charge in [0.05, 0.1) is 12.1 Å². The van der Waals surface area contributed by atoms with Crippen LogP contribution in [0.1, 0.15) is 36.6 Å². The van der Waals surface area contributed by atoms with Crippen LogP contribution in [0.2, 0.25) is 0 Å². The van der Waals surface area contributed by atoms with Crippen LogP contribution >= 0.6 is 24.0 Å². The van der Waals surface area contributed by atoms with Gasteiger partial charge in [-0.1, -0.05) is 18.2 Å². The maximum absolute atomic E-state index is 12.8. The maximum Gasteiger partial charge on any atom is 0.416 e. The van der Waals surface area contributed by atoms with E-state index in [0.29, 0.717) is 31.2 Å². The van der Waals surface area contributed by atoms with E-state index in [2.05, 4.69) is 15.6 Å². The second-order valence-corrected chi connectivity index (χ2v) is 6.68. The molecule has 0 aliphatic heterocycles. The van der Waals surface area contributed by atoms with Gasteiger partial charge in [0.15, 0.2) is 5.96 Å². The molecule has 0 aliphatic carbocycles. The fourth-order valence-corrected chi connectivity index (χ4v) is 2.87. The first kappa shape index (κ1) is 26.0. The fourth-order valence-electron chi connectivity index (χ4n) is 2.87. The van der Waals surface area contributed by atoms with Gasteiger partial charge < -0.3 is 15.2 Å². The third kappa shape index (κ3) is 8.37. The molecular formula is C21H28F3IN4O. The second kappa shape index (κ2) is 12.6. The van der Waals surface area contributed by atoms with E-state index in [1.807, 2.05) is 19.9 Å². The lowest BCUT2D eigenvalue weighted by atomic mass is 10.1. The number of unbranched alkanes of at least 4 members (excludes halogenated alkanes) is 1. The van der Waals surface area contributed by atoms with Crippen LogP contribution in [-0.4, -0.2) is 23.6 Å². The van der Waals surface area contributed by atoms with Gasteiger partial charge in [-0.3, -0.25) is 4.79 Å². The molecule has 2 aromatic rings. The number of nitrogens with zero attached hydrogens (tertiary/aromatic N) is 2. The number of aryl methyl sites for hydroxylation is 1. The second-order valence-electron chi connectivity index (χ2n) is 6.68. The summed E-state index contributed by atoms with van der Waals surface area (Å²) in [6.45, 7) is 5.92. The molecule has 0 amide bonds. The Morgan fingerprint density at radius 2 is 1.83 bits per heavy atom. The van der Waals surface area contributed by atoms with Crippen LogP contribution in [0.4, 0.5) is 13.2 Å². The summed E-state index contributed by atoms with van der Waals surface area (Å²) in [5, 5.41) is 6.27. The summed E-state index contributed by atoms with van der Waals surface area (Å²) in [6, 6.07) is 10.4. The summed E-state index contributed by atoms with van der Waals surface area (Å²) in [5.41, 5.74) is 0.751. The van der Waals surface area contributed by atoms with E-state index >= 15 is 0 Å². The molecule has 1 aromatic carbocycles. The molecule has 0 aliphatic rings. The molecule has 1 aromatic heterocycles. The third-order valence-corrected chi connectivity index (χ3v) is 4.39. The van der Waals surface area contributed by atoms with Gasteiger partial charge >= 0.3 is 6.18 Å². The number of pyridine rings is 1. The monoisotopic (exact) mass is 536 g/mol. The van der Waals surface area contributed by atoms with E-state index in [1.54, 1.807) is 22.8 Å². The lowest BCUT2D eigenvalue weighted by Gasteiger charge is -2.13. The van der Waals surface area contributed by atoms with Gasteiger partial charge in [0.25, 0.3) is 5.56 Å². The van der Waals surface area contributed by atoms with Crippen LogP contribution in [0.15, 0.2) is 52.3 Å². The molecule has 0 unspecified atom stereocenters. The zero-order valence-corrected chi connectivity index (χ0v) is 19.5. The fraction of sp³-hybridized carbons (Fsp3) is 0.429. The summed E-state index contributed by atoms with van der Waals surface area (Å²) in [7, 11) is 0. The number of nitrogens with one attached hydrogen (secondary N) is 2. The van der Waals surface area contributed by atoms with E-state index in [1.165, 1.54) is 6.07 Å². The van der Waals surface area contributed by atoms with Crippen LogP contribution in [0, 0.1) is 6.92 Å². The predicted octanol–water partition coefficient (Wildman–Crippen LogP) is 4.33. The van der Waals surface area contributed by atoms with Gasteiger partial charge in [0, 0.05) is 31.4 Å². The minimum atomic E-state index is -4.36. The lowest BCUT2D eigenvalue weighted by Crippen LogP contribution is -2.37. The highest BCUT2D eigenvalue weighted by molar-refractivity contribution is 14.0. The normalized spacial score (nSPS) is 11.7. The highest BCUT2D eigenvalue weighted by atomic mass is 127. The lowest BCUT2D eigenvalue weighted by molar-refractivity contribution is -0.137. The van der Waals surface area contributed by atoms with Crippen LogP contribution < -0.4 is 16.2 Å². The van der Waals surface area contributed by atoms with Crippen LogP contribution in [-0.2, 0) is 19.3 Å². The Morgan fingerprint density at radius 1 is 1.10 bits per heavy atom. The van der Waals surface area contributed by atoms with Crippen molar-refractivity contribution >= 4 is 29.9 Å². The number of benzene rings is 1. The van der Waals surface area contributed by atoms with Crippen molar-refractivity contribution in [3.8, 4) is 0 Å². The Labute approximate surface area is 191 Å². The predicted molar refractivity (Wildman–Crippen MR) is 124 cm³/mol. The molecule has 0 bridgehead atoms. The highest BCUT2D eigenvalue weighted by Gasteiger charge is 2.30. The number of aromatic nitrogens is 1. The molecule has 0 fully saturated rings. The number of guanidine groups is 1. The van der Waals surface area contributed by atoms with Gasteiger partial charge in [-0.15, -0.1) is 24.0 Å². The SMILES string of the molecule is CCNC(=NCc1cccc(C(F)(F)F)c1)NCCCCn1c(C)cccc1=O.I. The Kier molecular flexibility index (Phi) is 10.9. The summed E-state index contributed by atoms with van der Waals surface area (Å²) in [4.78, 5) is 16.2. The van der Waals surface area contributed by atoms with Gasteiger partial charge in [0.1, 0.15) is 0 Å². The molecule has 1 heterocycles. The molecule has 5 nitrogen and oxygen atoms in total. The molecular weight excluding hydrogens is 508 g/mol. The quantitative estimate of drug-likeness (QED) is 0.229. The largest absolute Gasteiger partial charge is 0.416 e. The Balaban J connectivity index is 0.00000450. The van der Waals surface area contributed by atoms with Crippen molar-refractivity contribution in [2.75, 3.05) is 13.1 Å². The Morgan fingerprint density at radius 3 is 2.50 bits per heavy atom. The Bertz CT molecular complexity index is 881. The van der Waals surface area contributed by atoms with Gasteiger partial charge in [-0.25, -0.2) is 4.99 Å². The standard InChI is InChI=1S/C21H27F3N4O.HI/c1-3-25-20(27-15-17-9-7-10-18(14-17)21(22,23)24)26-12-4-5-13-28-16(2)8-6-11-19(28)29;/h6-11,14H,3-5,12-13,15H2,1-2H3,(H2,25,26,27);1H. The zero-order valence-electron chi connectivity index (χ0n) is 17.1. The zero-order chi connectivity index (χ0) is 21.3. The van der Waals surface area contributed by atoms with Crippen molar-refractivity contribution in [3.05, 3.63) is 69.6 Å². The molecule has 0 saturated carbocycles. The summed E-state index contributed by atoms with van der Waals surface area (Å²) in [6.07, 6.45) is -2.71. The molecule has 0 atom stereocenters. The number of halogens is 4. The van der Waals surface area contributed by atoms with Crippen molar-refractivity contribution in [1.29, 1.82) is 0 Å². The first-order valence-corrected chi connectivity index (χ1v) is 9.66. The first-order chi connectivity index (χ1) is 13.8. The molecule has 0 spiro atoms. The molecule has 30 heavy (non-hydrogen) atoms. The van der Waals surface area contributed by atoms with Gasteiger partial charge in [-0.05, 0) is 50.5 Å². The Hall–Kier alpha value is -2.04. The molecule has 9 heteroatoms. The van der Waals surface area contributed by atoms with Crippen LogP contribution in [0.5, 0.6) is 0 Å². The van der Waals surface area contributed by atoms with Gasteiger partial charge in [0.2, 0.25) is 0 Å². The number of hydrogen-bond donors (Lipinski definition) is 2. The minimum Gasteiger partial charge on any atom is -0.357 e. The summed E-state index contributed by atoms with van der Waals surface area (Å²) < 4.78 is 40.2. The number of aliphatic imine (C=N–C) groups is 1. The summed E-state index contributed by atoms with van der Waals surface area (Å²) in [5.74, 6) is 0.554. The molecule has 2 rings (SSSR count). The summed E-state index contributed by atoms with van der Waals surface area (Å²) >= 11 is 0. The van der Waals surface area contributed by atoms with Crippen molar-refractivity contribution in [2.24, 2.45) is 4.99 Å². The van der Waals surface area contributed by atoms with Crippen LogP contribution in [0.3, 0.4) is 0 Å². The maximum atomic E-state index is 12.8. The molecule has 0 saturated heterocycles. The number of rotatable bonds is 8.